The first-order chi connectivity index (χ1) is 17.2. The van der Waals surface area contributed by atoms with Crippen LogP contribution in [0.25, 0.3) is 28.2 Å². The van der Waals surface area contributed by atoms with Crippen molar-refractivity contribution in [2.75, 3.05) is 0 Å². The molecular weight excluding hydrogens is 534 g/mol. The van der Waals surface area contributed by atoms with Gasteiger partial charge in [-0.25, -0.2) is 9.50 Å². The topological polar surface area (TPSA) is 39.4 Å². The highest BCUT2D eigenvalue weighted by atomic mass is 35.5. The molecule has 0 amide bonds. The molecule has 0 unspecified atom stereocenters. The van der Waals surface area contributed by atoms with Gasteiger partial charge >= 0.3 is 6.18 Å². The highest BCUT2D eigenvalue weighted by molar-refractivity contribution is 6.42. The number of fused-ring (bicyclic) bond motifs is 1. The summed E-state index contributed by atoms with van der Waals surface area (Å²) in [6, 6.07) is 21.0. The lowest BCUT2D eigenvalue weighted by Crippen LogP contribution is -2.13. The second kappa shape index (κ2) is 9.65. The lowest BCUT2D eigenvalue weighted by atomic mass is 10.1. The maximum absolute atomic E-state index is 13.9. The molecule has 0 saturated heterocycles. The molecule has 0 fully saturated rings. The van der Waals surface area contributed by atoms with Gasteiger partial charge in [0.25, 0.3) is 0 Å². The van der Waals surface area contributed by atoms with E-state index in [4.69, 9.17) is 39.5 Å². The number of aromatic nitrogens is 3. The number of alkyl halides is 3. The summed E-state index contributed by atoms with van der Waals surface area (Å²) < 4.78 is 48.3. The summed E-state index contributed by atoms with van der Waals surface area (Å²) in [7, 11) is 0. The normalized spacial score (nSPS) is 11.7. The van der Waals surface area contributed by atoms with Crippen molar-refractivity contribution in [3.63, 3.8) is 0 Å². The first kappa shape index (κ1) is 24.4. The lowest BCUT2D eigenvalue weighted by Gasteiger charge is -2.12. The molecule has 182 valence electrons. The Hall–Kier alpha value is -3.26. The maximum atomic E-state index is 13.9. The predicted octanol–water partition coefficient (Wildman–Crippen LogP) is 8.62. The van der Waals surface area contributed by atoms with E-state index in [2.05, 4.69) is 10.1 Å². The third-order valence-electron chi connectivity index (χ3n) is 5.40. The molecule has 10 heteroatoms. The Labute approximate surface area is 218 Å². The van der Waals surface area contributed by atoms with Crippen LogP contribution in [0.2, 0.25) is 15.1 Å². The van der Waals surface area contributed by atoms with Gasteiger partial charge in [-0.1, -0.05) is 53.0 Å². The van der Waals surface area contributed by atoms with Crippen molar-refractivity contribution in [2.45, 2.75) is 12.8 Å². The van der Waals surface area contributed by atoms with Crippen molar-refractivity contribution in [1.82, 2.24) is 14.6 Å². The van der Waals surface area contributed by atoms with Crippen LogP contribution in [0.1, 0.15) is 11.3 Å². The molecule has 0 spiro atoms. The van der Waals surface area contributed by atoms with Gasteiger partial charge in [-0.15, -0.1) is 0 Å². The molecule has 0 radical (unpaired) electrons. The molecule has 2 heterocycles. The Morgan fingerprint density at radius 3 is 2.08 bits per heavy atom. The van der Waals surface area contributed by atoms with Crippen LogP contribution in [0.15, 0.2) is 78.9 Å². The lowest BCUT2D eigenvalue weighted by molar-refractivity contribution is -0.142. The van der Waals surface area contributed by atoms with Crippen molar-refractivity contribution in [3.8, 4) is 28.3 Å². The summed E-state index contributed by atoms with van der Waals surface area (Å²) in [5.41, 5.74) is 1.61. The highest BCUT2D eigenvalue weighted by Gasteiger charge is 2.35. The van der Waals surface area contributed by atoms with Gasteiger partial charge in [0.15, 0.2) is 11.3 Å². The van der Waals surface area contributed by atoms with Crippen molar-refractivity contribution in [2.24, 2.45) is 0 Å². The summed E-state index contributed by atoms with van der Waals surface area (Å²) in [5, 5.41) is 5.54. The summed E-state index contributed by atoms with van der Waals surface area (Å²) in [6.45, 7) is 0.252. The molecule has 0 aliphatic carbocycles. The second-order valence-corrected chi connectivity index (χ2v) is 9.14. The van der Waals surface area contributed by atoms with Crippen LogP contribution in [0.4, 0.5) is 13.2 Å². The third-order valence-corrected chi connectivity index (χ3v) is 6.39. The van der Waals surface area contributed by atoms with E-state index in [-0.39, 0.29) is 17.9 Å². The van der Waals surface area contributed by atoms with Gasteiger partial charge in [-0.2, -0.15) is 18.3 Å². The van der Waals surface area contributed by atoms with Crippen LogP contribution in [0, 0.1) is 0 Å². The van der Waals surface area contributed by atoms with Crippen molar-refractivity contribution in [3.05, 3.63) is 105 Å². The van der Waals surface area contributed by atoms with Gasteiger partial charge in [0.1, 0.15) is 12.4 Å². The number of halogens is 6. The van der Waals surface area contributed by atoms with Crippen molar-refractivity contribution < 1.29 is 17.9 Å². The SMILES string of the molecule is FC(F)(F)c1cc(-c2ccc(OCc3ccc(Cl)c(Cl)c3)cc2)nc2cc(-c3ccc(Cl)cc3)nn12. The zero-order valence-corrected chi connectivity index (χ0v) is 20.5. The monoisotopic (exact) mass is 547 g/mol. The van der Waals surface area contributed by atoms with Crippen LogP contribution >= 0.6 is 34.8 Å². The van der Waals surface area contributed by atoms with Gasteiger partial charge in [0.2, 0.25) is 0 Å². The summed E-state index contributed by atoms with van der Waals surface area (Å²) in [6.07, 6.45) is -4.64. The zero-order valence-electron chi connectivity index (χ0n) is 18.2. The maximum Gasteiger partial charge on any atom is 0.433 e. The molecule has 0 atom stereocenters. The van der Waals surface area contributed by atoms with Gasteiger partial charge in [-0.3, -0.25) is 0 Å². The van der Waals surface area contributed by atoms with Gasteiger partial charge in [0, 0.05) is 22.2 Å². The molecule has 3 aromatic carbocycles. The molecule has 0 N–H and O–H groups in total. The van der Waals surface area contributed by atoms with E-state index in [1.54, 1.807) is 66.7 Å². The van der Waals surface area contributed by atoms with Crippen LogP contribution in [0.3, 0.4) is 0 Å². The minimum Gasteiger partial charge on any atom is -0.489 e. The van der Waals surface area contributed by atoms with Crippen LogP contribution in [-0.4, -0.2) is 14.6 Å². The fourth-order valence-corrected chi connectivity index (χ4v) is 4.05. The van der Waals surface area contributed by atoms with E-state index >= 15 is 0 Å². The fraction of sp³-hybridized carbons (Fsp3) is 0.0769. The highest BCUT2D eigenvalue weighted by Crippen LogP contribution is 2.34. The summed E-state index contributed by atoms with van der Waals surface area (Å²) in [5.74, 6) is 0.538. The molecule has 0 bridgehead atoms. The van der Waals surface area contributed by atoms with Gasteiger partial charge in [-0.05, 0) is 60.2 Å². The number of nitrogens with zero attached hydrogens (tertiary/aromatic N) is 3. The Balaban J connectivity index is 1.45. The number of hydrogen-bond acceptors (Lipinski definition) is 3. The Bertz CT molecular complexity index is 1550. The number of rotatable bonds is 5. The first-order valence-corrected chi connectivity index (χ1v) is 11.7. The van der Waals surface area contributed by atoms with E-state index < -0.39 is 11.9 Å². The fourth-order valence-electron chi connectivity index (χ4n) is 3.60. The van der Waals surface area contributed by atoms with Crippen LogP contribution in [0.5, 0.6) is 5.75 Å². The third kappa shape index (κ3) is 5.14. The number of hydrogen-bond donors (Lipinski definition) is 0. The van der Waals surface area contributed by atoms with E-state index in [0.29, 0.717) is 37.6 Å². The van der Waals surface area contributed by atoms with Gasteiger partial charge < -0.3 is 4.74 Å². The smallest absolute Gasteiger partial charge is 0.433 e. The minimum absolute atomic E-state index is 0.0738. The van der Waals surface area contributed by atoms with Crippen molar-refractivity contribution >= 4 is 40.4 Å². The standard InChI is InChI=1S/C26H15Cl3F3N3O/c27-18-6-2-17(3-7-18)23-13-25-33-22(12-24(26(30,31)32)35(25)34-23)16-4-8-19(9-5-16)36-14-15-1-10-20(28)21(29)11-15/h1-13H,14H2. The second-order valence-electron chi connectivity index (χ2n) is 7.89. The Morgan fingerprint density at radius 1 is 0.750 bits per heavy atom. The zero-order chi connectivity index (χ0) is 25.4. The Morgan fingerprint density at radius 2 is 1.42 bits per heavy atom. The molecule has 0 saturated carbocycles. The van der Waals surface area contributed by atoms with Crippen molar-refractivity contribution in [1.29, 1.82) is 0 Å². The summed E-state index contributed by atoms with van der Waals surface area (Å²) >= 11 is 17.9. The molecule has 36 heavy (non-hydrogen) atoms. The summed E-state index contributed by atoms with van der Waals surface area (Å²) in [4.78, 5) is 4.43. The van der Waals surface area contributed by atoms with Crippen LogP contribution < -0.4 is 4.74 Å². The van der Waals surface area contributed by atoms with E-state index in [9.17, 15) is 13.2 Å². The molecule has 5 rings (SSSR count). The molecule has 5 aromatic rings. The molecule has 2 aromatic heterocycles. The number of benzene rings is 3. The minimum atomic E-state index is -4.64. The van der Waals surface area contributed by atoms with E-state index in [0.717, 1.165) is 16.1 Å². The number of ether oxygens (including phenoxy) is 1. The molecular formula is C26H15Cl3F3N3O. The molecule has 4 nitrogen and oxygen atoms in total. The Kier molecular flexibility index (Phi) is 6.55. The average molecular weight is 549 g/mol. The average Bonchev–Trinajstić information content (AvgIpc) is 3.28. The van der Waals surface area contributed by atoms with E-state index in [1.807, 2.05) is 0 Å². The largest absolute Gasteiger partial charge is 0.489 e. The quantitative estimate of drug-likeness (QED) is 0.221. The first-order valence-electron chi connectivity index (χ1n) is 10.6. The predicted molar refractivity (Wildman–Crippen MR) is 135 cm³/mol. The van der Waals surface area contributed by atoms with Gasteiger partial charge in [0.05, 0.1) is 21.4 Å². The molecule has 0 aliphatic heterocycles. The van der Waals surface area contributed by atoms with E-state index in [1.165, 1.54) is 6.07 Å². The van der Waals surface area contributed by atoms with Crippen LogP contribution in [-0.2, 0) is 12.8 Å². The molecule has 0 aliphatic rings.